The van der Waals surface area contributed by atoms with Gasteiger partial charge in [0.1, 0.15) is 16.9 Å². The minimum absolute atomic E-state index is 0.0139. The van der Waals surface area contributed by atoms with E-state index in [1.54, 1.807) is 13.0 Å². The summed E-state index contributed by atoms with van der Waals surface area (Å²) in [4.78, 5) is 22.5. The van der Waals surface area contributed by atoms with E-state index in [0.29, 0.717) is 10.9 Å². The Labute approximate surface area is 95.1 Å². The van der Waals surface area contributed by atoms with Crippen molar-refractivity contribution in [3.8, 4) is 5.75 Å². The molecule has 1 aromatic carbocycles. The van der Waals surface area contributed by atoms with Crippen molar-refractivity contribution in [3.05, 3.63) is 39.7 Å². The van der Waals surface area contributed by atoms with Gasteiger partial charge in [-0.05, 0) is 36.2 Å². The Balaban J connectivity index is 2.94. The van der Waals surface area contributed by atoms with Crippen LogP contribution in [0.15, 0.2) is 27.4 Å². The Morgan fingerprint density at radius 2 is 2.12 bits per heavy atom. The lowest BCUT2D eigenvalue weighted by Gasteiger charge is -2.04. The average Bonchev–Trinajstić information content (AvgIpc) is 2.15. The van der Waals surface area contributed by atoms with Crippen LogP contribution in [-0.4, -0.2) is 10.3 Å². The smallest absolute Gasteiger partial charge is 0.348 e. The number of rotatable bonds is 1. The van der Waals surface area contributed by atoms with Gasteiger partial charge in [-0.25, -0.2) is 4.79 Å². The topological polar surface area (TPSA) is 67.5 Å². The molecular weight excluding hydrogens is 232 g/mol. The maximum atomic E-state index is 11.5. The van der Waals surface area contributed by atoms with Gasteiger partial charge in [-0.15, -0.1) is 0 Å². The number of aromatic hydroxyl groups is 1. The average molecular weight is 239 g/mol. The van der Waals surface area contributed by atoms with Crippen molar-refractivity contribution in [2.75, 3.05) is 0 Å². The molecule has 1 heterocycles. The fourth-order valence-corrected chi connectivity index (χ4v) is 1.79. The molecule has 1 aromatic heterocycles. The third-order valence-corrected chi connectivity index (χ3v) is 2.54. The summed E-state index contributed by atoms with van der Waals surface area (Å²) in [5.41, 5.74) is -0.286. The molecule has 0 radical (unpaired) electrons. The molecule has 0 fully saturated rings. The summed E-state index contributed by atoms with van der Waals surface area (Å²) in [5, 5.41) is 8.96. The Bertz CT molecular complexity index is 642. The molecule has 0 aliphatic carbocycles. The predicted octanol–water partition coefficient (Wildman–Crippen LogP) is 2.19. The van der Waals surface area contributed by atoms with Crippen molar-refractivity contribution in [3.63, 3.8) is 0 Å². The van der Waals surface area contributed by atoms with Crippen LogP contribution in [0.25, 0.3) is 11.0 Å². The number of hydrogen-bond acceptors (Lipinski definition) is 4. The Morgan fingerprint density at radius 1 is 1.44 bits per heavy atom. The minimum Gasteiger partial charge on any atom is -0.508 e. The first kappa shape index (κ1) is 10.7. The van der Waals surface area contributed by atoms with Crippen LogP contribution in [-0.2, 0) is 0 Å². The Morgan fingerprint density at radius 3 is 2.75 bits per heavy atom. The first-order valence-electron chi connectivity index (χ1n) is 4.47. The first-order chi connectivity index (χ1) is 7.50. The molecule has 2 aromatic rings. The molecule has 0 aliphatic rings. The highest BCUT2D eigenvalue weighted by atomic mass is 35.5. The third kappa shape index (κ3) is 1.57. The second-order valence-corrected chi connectivity index (χ2v) is 3.69. The number of halogens is 1. The molecule has 4 nitrogen and oxygen atoms in total. The SMILES string of the molecule is Cc1c(C(=O)Cl)c(=O)oc2cc(O)ccc12. The lowest BCUT2D eigenvalue weighted by Crippen LogP contribution is -2.12. The van der Waals surface area contributed by atoms with Crippen LogP contribution < -0.4 is 5.63 Å². The van der Waals surface area contributed by atoms with E-state index < -0.39 is 10.9 Å². The van der Waals surface area contributed by atoms with Crippen molar-refractivity contribution < 1.29 is 14.3 Å². The molecule has 0 amide bonds. The number of carbonyl (C=O) groups is 1. The van der Waals surface area contributed by atoms with E-state index in [-0.39, 0.29) is 16.9 Å². The van der Waals surface area contributed by atoms with E-state index in [9.17, 15) is 14.7 Å². The fraction of sp³-hybridized carbons (Fsp3) is 0.0909. The molecule has 0 bridgehead atoms. The molecule has 2 rings (SSSR count). The summed E-state index contributed by atoms with van der Waals surface area (Å²) in [6.45, 7) is 1.60. The minimum atomic E-state index is -0.846. The molecule has 82 valence electrons. The van der Waals surface area contributed by atoms with Crippen LogP contribution in [0.4, 0.5) is 0 Å². The number of hydrogen-bond donors (Lipinski definition) is 1. The van der Waals surface area contributed by atoms with Crippen LogP contribution in [0, 0.1) is 6.92 Å². The fourth-order valence-electron chi connectivity index (χ4n) is 1.57. The summed E-state index contributed by atoms with van der Waals surface area (Å²) in [5.74, 6) is -0.0139. The lowest BCUT2D eigenvalue weighted by molar-refractivity contribution is 0.107. The van der Waals surface area contributed by atoms with E-state index in [4.69, 9.17) is 16.0 Å². The highest BCUT2D eigenvalue weighted by Crippen LogP contribution is 2.23. The molecule has 0 atom stereocenters. The van der Waals surface area contributed by atoms with Gasteiger partial charge in [0, 0.05) is 11.5 Å². The number of fused-ring (bicyclic) bond motifs is 1. The maximum absolute atomic E-state index is 11.5. The standard InChI is InChI=1S/C11H7ClO4/c1-5-7-3-2-6(13)4-8(7)16-11(15)9(5)10(12)14/h2-4,13H,1H3. The third-order valence-electron chi connectivity index (χ3n) is 2.35. The Hall–Kier alpha value is -1.81. The quantitative estimate of drug-likeness (QED) is 0.611. The van der Waals surface area contributed by atoms with Crippen LogP contribution >= 0.6 is 11.6 Å². The number of benzene rings is 1. The molecule has 0 unspecified atom stereocenters. The number of carbonyl (C=O) groups excluding carboxylic acids is 1. The van der Waals surface area contributed by atoms with Gasteiger partial charge in [0.2, 0.25) is 0 Å². The summed E-state index contributed by atoms with van der Waals surface area (Å²) < 4.78 is 4.89. The zero-order chi connectivity index (χ0) is 11.9. The van der Waals surface area contributed by atoms with Gasteiger partial charge in [-0.3, -0.25) is 4.79 Å². The van der Waals surface area contributed by atoms with Crippen molar-refractivity contribution in [1.82, 2.24) is 0 Å². The van der Waals surface area contributed by atoms with E-state index in [2.05, 4.69) is 0 Å². The monoisotopic (exact) mass is 238 g/mol. The Kier molecular flexibility index (Phi) is 2.44. The van der Waals surface area contributed by atoms with Gasteiger partial charge < -0.3 is 9.52 Å². The largest absolute Gasteiger partial charge is 0.508 e. The van der Waals surface area contributed by atoms with Gasteiger partial charge in [0.05, 0.1) is 0 Å². The van der Waals surface area contributed by atoms with Crippen LogP contribution in [0.3, 0.4) is 0 Å². The number of phenols is 1. The highest BCUT2D eigenvalue weighted by molar-refractivity contribution is 6.68. The summed E-state index contributed by atoms with van der Waals surface area (Å²) in [6, 6.07) is 4.32. The lowest BCUT2D eigenvalue weighted by atomic mass is 10.1. The van der Waals surface area contributed by atoms with Gasteiger partial charge in [0.15, 0.2) is 0 Å². The van der Waals surface area contributed by atoms with E-state index in [1.807, 2.05) is 0 Å². The highest BCUT2D eigenvalue weighted by Gasteiger charge is 2.16. The molecule has 5 heteroatoms. The zero-order valence-electron chi connectivity index (χ0n) is 8.28. The van der Waals surface area contributed by atoms with Crippen LogP contribution in [0.1, 0.15) is 15.9 Å². The first-order valence-corrected chi connectivity index (χ1v) is 4.85. The van der Waals surface area contributed by atoms with Gasteiger partial charge in [0.25, 0.3) is 5.24 Å². The molecule has 0 saturated carbocycles. The molecular formula is C11H7ClO4. The van der Waals surface area contributed by atoms with Gasteiger partial charge in [-0.2, -0.15) is 0 Å². The van der Waals surface area contributed by atoms with E-state index >= 15 is 0 Å². The van der Waals surface area contributed by atoms with Crippen molar-refractivity contribution >= 4 is 27.8 Å². The van der Waals surface area contributed by atoms with E-state index in [1.165, 1.54) is 12.1 Å². The molecule has 0 aliphatic heterocycles. The van der Waals surface area contributed by atoms with Crippen molar-refractivity contribution in [2.24, 2.45) is 0 Å². The van der Waals surface area contributed by atoms with Crippen LogP contribution in [0.2, 0.25) is 0 Å². The van der Waals surface area contributed by atoms with Gasteiger partial charge in [-0.1, -0.05) is 0 Å². The second-order valence-electron chi connectivity index (χ2n) is 3.34. The summed E-state index contributed by atoms with van der Waals surface area (Å²) >= 11 is 5.30. The maximum Gasteiger partial charge on any atom is 0.348 e. The number of aryl methyl sites for hydroxylation is 1. The molecule has 0 spiro atoms. The normalized spacial score (nSPS) is 10.6. The summed E-state index contributed by atoms with van der Waals surface area (Å²) in [7, 11) is 0. The second kappa shape index (κ2) is 3.64. The van der Waals surface area contributed by atoms with Crippen molar-refractivity contribution in [2.45, 2.75) is 6.92 Å². The molecule has 16 heavy (non-hydrogen) atoms. The number of phenolic OH excluding ortho intramolecular Hbond substituents is 1. The van der Waals surface area contributed by atoms with Crippen molar-refractivity contribution in [1.29, 1.82) is 0 Å². The summed E-state index contributed by atoms with van der Waals surface area (Å²) in [6.07, 6.45) is 0. The van der Waals surface area contributed by atoms with Crippen LogP contribution in [0.5, 0.6) is 5.75 Å². The van der Waals surface area contributed by atoms with Gasteiger partial charge >= 0.3 is 5.63 Å². The molecule has 1 N–H and O–H groups in total. The molecule has 0 saturated heterocycles. The predicted molar refractivity (Wildman–Crippen MR) is 59.1 cm³/mol. The van der Waals surface area contributed by atoms with E-state index in [0.717, 1.165) is 0 Å². The zero-order valence-corrected chi connectivity index (χ0v) is 9.04.